The molecule has 0 saturated heterocycles. The van der Waals surface area contributed by atoms with E-state index in [-0.39, 0.29) is 24.5 Å². The molecule has 0 saturated carbocycles. The standard InChI is InChI=1S/C17H17F2N3O3/c18-16(19)25-15-7-11(5-6-20-15)9-21-17(23)22-13-8-12-3-1-2-4-14(12)24-10-13/h1-7,13,16H,8-10H2,(H2,21,22,23)/t13-/m0/s1. The first-order valence-corrected chi connectivity index (χ1v) is 7.75. The van der Waals surface area contributed by atoms with Crippen molar-refractivity contribution in [3.8, 4) is 11.6 Å². The Morgan fingerprint density at radius 1 is 1.36 bits per heavy atom. The number of hydrogen-bond donors (Lipinski definition) is 2. The molecule has 0 fully saturated rings. The van der Waals surface area contributed by atoms with Gasteiger partial charge in [0.2, 0.25) is 5.88 Å². The van der Waals surface area contributed by atoms with Gasteiger partial charge in [0, 0.05) is 18.8 Å². The average Bonchev–Trinajstić information content (AvgIpc) is 2.60. The molecule has 2 amide bonds. The van der Waals surface area contributed by atoms with Crippen molar-refractivity contribution >= 4 is 6.03 Å². The third-order valence-electron chi connectivity index (χ3n) is 3.68. The monoisotopic (exact) mass is 349 g/mol. The number of hydrogen-bond acceptors (Lipinski definition) is 4. The fourth-order valence-electron chi connectivity index (χ4n) is 2.56. The molecule has 2 N–H and O–H groups in total. The highest BCUT2D eigenvalue weighted by molar-refractivity contribution is 5.74. The molecule has 2 heterocycles. The van der Waals surface area contributed by atoms with Crippen molar-refractivity contribution in [1.82, 2.24) is 15.6 Å². The minimum Gasteiger partial charge on any atom is -0.491 e. The first-order chi connectivity index (χ1) is 12.1. The number of benzene rings is 1. The second-order valence-corrected chi connectivity index (χ2v) is 5.53. The fraction of sp³-hybridized carbons (Fsp3) is 0.294. The van der Waals surface area contributed by atoms with Crippen molar-refractivity contribution in [2.24, 2.45) is 0 Å². The molecule has 6 nitrogen and oxygen atoms in total. The molecule has 0 unspecified atom stereocenters. The highest BCUT2D eigenvalue weighted by Crippen LogP contribution is 2.23. The number of nitrogens with one attached hydrogen (secondary N) is 2. The number of pyridine rings is 1. The van der Waals surface area contributed by atoms with Gasteiger partial charge in [-0.05, 0) is 29.7 Å². The quantitative estimate of drug-likeness (QED) is 0.870. The number of ether oxygens (including phenoxy) is 2. The van der Waals surface area contributed by atoms with E-state index in [1.165, 1.54) is 12.3 Å². The molecule has 1 aromatic carbocycles. The number of amides is 2. The van der Waals surface area contributed by atoms with Crippen LogP contribution in [0.5, 0.6) is 11.6 Å². The van der Waals surface area contributed by atoms with Gasteiger partial charge in [0.15, 0.2) is 0 Å². The molecule has 2 aromatic rings. The van der Waals surface area contributed by atoms with Crippen LogP contribution in [0.1, 0.15) is 11.1 Å². The molecule has 0 radical (unpaired) electrons. The minimum atomic E-state index is -2.94. The smallest absolute Gasteiger partial charge is 0.388 e. The zero-order valence-electron chi connectivity index (χ0n) is 13.2. The Kier molecular flexibility index (Phi) is 5.27. The van der Waals surface area contributed by atoms with Crippen molar-refractivity contribution in [2.45, 2.75) is 25.6 Å². The summed E-state index contributed by atoms with van der Waals surface area (Å²) in [4.78, 5) is 15.7. The van der Waals surface area contributed by atoms with Crippen LogP contribution in [0, 0.1) is 0 Å². The van der Waals surface area contributed by atoms with Crippen LogP contribution in [0.15, 0.2) is 42.6 Å². The Morgan fingerprint density at radius 2 is 2.20 bits per heavy atom. The third kappa shape index (κ3) is 4.79. The summed E-state index contributed by atoms with van der Waals surface area (Å²) in [5.41, 5.74) is 1.65. The van der Waals surface area contributed by atoms with Crippen LogP contribution in [0.2, 0.25) is 0 Å². The summed E-state index contributed by atoms with van der Waals surface area (Å²) in [5.74, 6) is 0.649. The predicted octanol–water partition coefficient (Wildman–Crippen LogP) is 2.49. The number of urea groups is 1. The van der Waals surface area contributed by atoms with Gasteiger partial charge in [-0.2, -0.15) is 8.78 Å². The van der Waals surface area contributed by atoms with E-state index in [0.717, 1.165) is 11.3 Å². The second-order valence-electron chi connectivity index (χ2n) is 5.53. The number of fused-ring (bicyclic) bond motifs is 1. The lowest BCUT2D eigenvalue weighted by Crippen LogP contribution is -2.47. The number of para-hydroxylation sites is 1. The zero-order valence-corrected chi connectivity index (χ0v) is 13.2. The number of alkyl halides is 2. The molecule has 0 bridgehead atoms. The first-order valence-electron chi connectivity index (χ1n) is 7.75. The Balaban J connectivity index is 1.49. The molecule has 25 heavy (non-hydrogen) atoms. The maximum Gasteiger partial charge on any atom is 0.388 e. The lowest BCUT2D eigenvalue weighted by Gasteiger charge is -2.26. The Morgan fingerprint density at radius 3 is 3.04 bits per heavy atom. The predicted molar refractivity (Wildman–Crippen MR) is 85.7 cm³/mol. The van der Waals surface area contributed by atoms with Crippen molar-refractivity contribution < 1.29 is 23.0 Å². The number of carbonyl (C=O) groups excluding carboxylic acids is 1. The Hall–Kier alpha value is -2.90. The van der Waals surface area contributed by atoms with Crippen LogP contribution < -0.4 is 20.1 Å². The topological polar surface area (TPSA) is 72.5 Å². The molecule has 8 heteroatoms. The third-order valence-corrected chi connectivity index (χ3v) is 3.68. The van der Waals surface area contributed by atoms with Gasteiger partial charge in [0.25, 0.3) is 0 Å². The van der Waals surface area contributed by atoms with Gasteiger partial charge < -0.3 is 20.1 Å². The van der Waals surface area contributed by atoms with E-state index in [1.54, 1.807) is 6.07 Å². The molecule has 1 aliphatic heterocycles. The highest BCUT2D eigenvalue weighted by atomic mass is 19.3. The van der Waals surface area contributed by atoms with Crippen molar-refractivity contribution in [1.29, 1.82) is 0 Å². The van der Waals surface area contributed by atoms with Gasteiger partial charge in [0.1, 0.15) is 12.4 Å². The molecular weight excluding hydrogens is 332 g/mol. The van der Waals surface area contributed by atoms with Crippen LogP contribution in [-0.2, 0) is 13.0 Å². The summed E-state index contributed by atoms with van der Waals surface area (Å²) < 4.78 is 34.2. The zero-order chi connectivity index (χ0) is 17.6. The SMILES string of the molecule is O=C(NCc1ccnc(OC(F)F)c1)N[C@@H]1COc2ccccc2C1. The van der Waals surface area contributed by atoms with Crippen LogP contribution in [-0.4, -0.2) is 30.3 Å². The van der Waals surface area contributed by atoms with Crippen molar-refractivity contribution in [2.75, 3.05) is 6.61 Å². The second kappa shape index (κ2) is 7.78. The number of carbonyl (C=O) groups is 1. The lowest BCUT2D eigenvalue weighted by molar-refractivity contribution is -0.0529. The van der Waals surface area contributed by atoms with Crippen LogP contribution in [0.3, 0.4) is 0 Å². The molecule has 0 aliphatic carbocycles. The number of nitrogens with zero attached hydrogens (tertiary/aromatic N) is 1. The highest BCUT2D eigenvalue weighted by Gasteiger charge is 2.20. The molecule has 1 aliphatic rings. The summed E-state index contributed by atoms with van der Waals surface area (Å²) in [6, 6.07) is 10.2. The van der Waals surface area contributed by atoms with Crippen LogP contribution in [0.4, 0.5) is 13.6 Å². The van der Waals surface area contributed by atoms with E-state index >= 15 is 0 Å². The number of aromatic nitrogens is 1. The molecular formula is C17H17F2N3O3. The van der Waals surface area contributed by atoms with Gasteiger partial charge in [-0.3, -0.25) is 0 Å². The van der Waals surface area contributed by atoms with Crippen molar-refractivity contribution in [3.63, 3.8) is 0 Å². The minimum absolute atomic E-state index is 0.134. The Bertz CT molecular complexity index is 743. The van der Waals surface area contributed by atoms with E-state index in [9.17, 15) is 13.6 Å². The summed E-state index contributed by atoms with van der Waals surface area (Å²) >= 11 is 0. The normalized spacial score (nSPS) is 15.9. The summed E-state index contributed by atoms with van der Waals surface area (Å²) in [6.45, 7) is -2.38. The van der Waals surface area contributed by atoms with Crippen LogP contribution >= 0.6 is 0 Å². The van der Waals surface area contributed by atoms with Gasteiger partial charge >= 0.3 is 12.6 Å². The number of halogens is 2. The van der Waals surface area contributed by atoms with Gasteiger partial charge in [-0.25, -0.2) is 9.78 Å². The van der Waals surface area contributed by atoms with E-state index in [2.05, 4.69) is 20.4 Å². The molecule has 0 spiro atoms. The lowest BCUT2D eigenvalue weighted by atomic mass is 10.0. The van der Waals surface area contributed by atoms with Crippen LogP contribution in [0.25, 0.3) is 0 Å². The van der Waals surface area contributed by atoms with Crippen molar-refractivity contribution in [3.05, 3.63) is 53.7 Å². The molecule has 1 aromatic heterocycles. The maximum absolute atomic E-state index is 12.2. The molecule has 132 valence electrons. The summed E-state index contributed by atoms with van der Waals surface area (Å²) in [5, 5.41) is 5.51. The fourth-order valence-corrected chi connectivity index (χ4v) is 2.56. The van der Waals surface area contributed by atoms with Gasteiger partial charge in [0.05, 0.1) is 6.04 Å². The van der Waals surface area contributed by atoms with E-state index in [1.807, 2.05) is 24.3 Å². The summed E-state index contributed by atoms with van der Waals surface area (Å²) in [6.07, 6.45) is 2.03. The summed E-state index contributed by atoms with van der Waals surface area (Å²) in [7, 11) is 0. The van der Waals surface area contributed by atoms with E-state index < -0.39 is 6.61 Å². The first kappa shape index (κ1) is 16.9. The van der Waals surface area contributed by atoms with E-state index in [0.29, 0.717) is 18.6 Å². The van der Waals surface area contributed by atoms with Gasteiger partial charge in [-0.1, -0.05) is 18.2 Å². The Labute approximate surface area is 143 Å². The maximum atomic E-state index is 12.2. The average molecular weight is 349 g/mol. The largest absolute Gasteiger partial charge is 0.491 e. The number of rotatable bonds is 5. The molecule has 3 rings (SSSR count). The molecule has 1 atom stereocenters. The van der Waals surface area contributed by atoms with E-state index in [4.69, 9.17) is 4.74 Å². The van der Waals surface area contributed by atoms with Gasteiger partial charge in [-0.15, -0.1) is 0 Å².